The van der Waals surface area contributed by atoms with Gasteiger partial charge in [-0.25, -0.2) is 14.0 Å². The van der Waals surface area contributed by atoms with Crippen molar-refractivity contribution >= 4 is 34.4 Å². The molecule has 4 heterocycles. The number of pyridine rings is 1. The molecule has 0 aliphatic carbocycles. The van der Waals surface area contributed by atoms with E-state index in [2.05, 4.69) is 5.32 Å². The first-order valence-electron chi connectivity index (χ1n) is 12.6. The number of fused-ring (bicyclic) bond motifs is 2. The number of carboxylic acids is 2. The lowest BCUT2D eigenvalue weighted by Gasteiger charge is -2.44. The van der Waals surface area contributed by atoms with Crippen molar-refractivity contribution in [1.82, 2.24) is 14.8 Å². The lowest BCUT2D eigenvalue weighted by Crippen LogP contribution is -2.61. The molecule has 0 radical (unpaired) electrons. The van der Waals surface area contributed by atoms with Crippen LogP contribution < -0.4 is 15.6 Å². The van der Waals surface area contributed by atoms with Crippen molar-refractivity contribution in [2.24, 2.45) is 5.92 Å². The molecule has 38 heavy (non-hydrogen) atoms. The lowest BCUT2D eigenvalue weighted by atomic mass is 9.83. The van der Waals surface area contributed by atoms with Crippen LogP contribution in [0.2, 0.25) is 0 Å². The van der Waals surface area contributed by atoms with Crippen LogP contribution >= 0.6 is 0 Å². The first-order valence-corrected chi connectivity index (χ1v) is 12.6. The number of aromatic carboxylic acids is 1. The first-order chi connectivity index (χ1) is 18.0. The highest BCUT2D eigenvalue weighted by Gasteiger charge is 2.56. The number of carbonyl (C=O) groups excluding carboxylic acids is 1. The standard InChI is InChI=1S/C26H29FN4O7/c1-3-29-11-16(25(35)36)23(33)15-7-17(27)19(8-18(15)29)30-5-4-14(10-30)28-9-13-6-20-21(12(2)32)24(34)31(20)22(13)26(37)38/h7-8,11-12,14,20-21,28,32H,3-6,9-10H2,1-2H3,(H,35,36)(H,37,38)/t12-,14?,20?,21?/m1/s1. The number of hydrogen-bond acceptors (Lipinski definition) is 7. The van der Waals surface area contributed by atoms with E-state index in [9.17, 15) is 34.5 Å². The summed E-state index contributed by atoms with van der Waals surface area (Å²) in [7, 11) is 0. The van der Waals surface area contributed by atoms with Gasteiger partial charge in [0.05, 0.1) is 29.3 Å². The molecule has 202 valence electrons. The van der Waals surface area contributed by atoms with Crippen molar-refractivity contribution < 1.29 is 34.1 Å². The molecule has 11 nitrogen and oxygen atoms in total. The van der Waals surface area contributed by atoms with E-state index < -0.39 is 40.8 Å². The Morgan fingerprint density at radius 1 is 1.21 bits per heavy atom. The van der Waals surface area contributed by atoms with Crippen molar-refractivity contribution in [3.63, 3.8) is 0 Å². The number of anilines is 1. The summed E-state index contributed by atoms with van der Waals surface area (Å²) in [4.78, 5) is 51.5. The molecule has 2 aromatic rings. The van der Waals surface area contributed by atoms with Gasteiger partial charge in [-0.1, -0.05) is 0 Å². The molecule has 0 spiro atoms. The predicted molar refractivity (Wildman–Crippen MR) is 135 cm³/mol. The van der Waals surface area contributed by atoms with Gasteiger partial charge in [-0.3, -0.25) is 9.59 Å². The van der Waals surface area contributed by atoms with Crippen molar-refractivity contribution in [3.05, 3.63) is 51.2 Å². The summed E-state index contributed by atoms with van der Waals surface area (Å²) in [6.45, 7) is 4.93. The van der Waals surface area contributed by atoms with Gasteiger partial charge in [0.25, 0.3) is 0 Å². The summed E-state index contributed by atoms with van der Waals surface area (Å²) in [6.07, 6.45) is 1.45. The molecule has 3 aliphatic rings. The van der Waals surface area contributed by atoms with Gasteiger partial charge in [-0.05, 0) is 44.4 Å². The van der Waals surface area contributed by atoms with E-state index in [1.54, 1.807) is 17.6 Å². The Kier molecular flexibility index (Phi) is 6.48. The van der Waals surface area contributed by atoms with Gasteiger partial charge in [-0.15, -0.1) is 0 Å². The Bertz CT molecular complexity index is 1450. The lowest BCUT2D eigenvalue weighted by molar-refractivity contribution is -0.161. The zero-order valence-electron chi connectivity index (χ0n) is 21.0. The molecule has 4 N–H and O–H groups in total. The van der Waals surface area contributed by atoms with Gasteiger partial charge in [0.2, 0.25) is 11.3 Å². The molecule has 3 aliphatic heterocycles. The highest BCUT2D eigenvalue weighted by molar-refractivity contribution is 5.99. The van der Waals surface area contributed by atoms with Crippen LogP contribution in [0, 0.1) is 11.7 Å². The number of halogens is 1. The van der Waals surface area contributed by atoms with Crippen molar-refractivity contribution in [1.29, 1.82) is 0 Å². The number of rotatable bonds is 8. The molecule has 1 aromatic heterocycles. The maximum absolute atomic E-state index is 15.2. The SMILES string of the molecule is CCn1cc(C(=O)O)c(=O)c2cc(F)c(N3CCC(NCC4=C(C(=O)O)N5C(=O)C([C@@H](C)O)C5C4)C3)cc21. The van der Waals surface area contributed by atoms with Crippen molar-refractivity contribution in [2.75, 3.05) is 24.5 Å². The Hall–Kier alpha value is -3.77. The maximum Gasteiger partial charge on any atom is 0.352 e. The fourth-order valence-electron chi connectivity index (χ4n) is 5.99. The number of nitrogens with one attached hydrogen (secondary N) is 1. The quantitative estimate of drug-likeness (QED) is 0.367. The number of aryl methyl sites for hydroxylation is 1. The van der Waals surface area contributed by atoms with Crippen molar-refractivity contribution in [2.45, 2.75) is 51.4 Å². The highest BCUT2D eigenvalue weighted by Crippen LogP contribution is 2.43. The van der Waals surface area contributed by atoms with Crippen molar-refractivity contribution in [3.8, 4) is 0 Å². The number of carbonyl (C=O) groups is 3. The minimum absolute atomic E-state index is 0.00548. The molecular weight excluding hydrogens is 499 g/mol. The number of benzene rings is 1. The largest absolute Gasteiger partial charge is 0.477 e. The average molecular weight is 529 g/mol. The number of aliphatic hydroxyl groups is 1. The number of nitrogens with zero attached hydrogens (tertiary/aromatic N) is 3. The van der Waals surface area contributed by atoms with Crippen LogP contribution in [0.1, 0.15) is 37.0 Å². The Morgan fingerprint density at radius 3 is 2.58 bits per heavy atom. The minimum Gasteiger partial charge on any atom is -0.477 e. The summed E-state index contributed by atoms with van der Waals surface area (Å²) >= 11 is 0. The molecule has 12 heteroatoms. The van der Waals surface area contributed by atoms with Gasteiger partial charge < -0.3 is 35.0 Å². The van der Waals surface area contributed by atoms with E-state index in [0.29, 0.717) is 49.3 Å². The number of hydrogen-bond donors (Lipinski definition) is 4. The maximum atomic E-state index is 15.2. The van der Waals surface area contributed by atoms with Gasteiger partial charge in [0.1, 0.15) is 17.1 Å². The van der Waals surface area contributed by atoms with E-state index in [1.165, 1.54) is 18.0 Å². The Morgan fingerprint density at radius 2 is 1.95 bits per heavy atom. The highest BCUT2D eigenvalue weighted by atomic mass is 19.1. The van der Waals surface area contributed by atoms with E-state index in [4.69, 9.17) is 0 Å². The van der Waals surface area contributed by atoms with Crippen LogP contribution in [0.3, 0.4) is 0 Å². The third kappa shape index (κ3) is 4.04. The second-order valence-electron chi connectivity index (χ2n) is 10.1. The molecule has 1 amide bonds. The Balaban J connectivity index is 1.33. The van der Waals surface area contributed by atoms with E-state index in [-0.39, 0.29) is 35.6 Å². The number of aromatic nitrogens is 1. The minimum atomic E-state index is -1.36. The normalized spacial score (nSPS) is 23.7. The zero-order chi connectivity index (χ0) is 27.5. The number of carboxylic acid groups (broad SMARTS) is 2. The molecular formula is C26H29FN4O7. The van der Waals surface area contributed by atoms with E-state index in [1.807, 2.05) is 4.90 Å². The molecule has 3 unspecified atom stereocenters. The third-order valence-electron chi connectivity index (χ3n) is 7.88. The molecule has 0 bridgehead atoms. The van der Waals surface area contributed by atoms with E-state index >= 15 is 4.39 Å². The van der Waals surface area contributed by atoms with Gasteiger partial charge in [0, 0.05) is 43.8 Å². The topological polar surface area (TPSA) is 152 Å². The monoisotopic (exact) mass is 528 g/mol. The van der Waals surface area contributed by atoms with E-state index in [0.717, 1.165) is 6.07 Å². The predicted octanol–water partition coefficient (Wildman–Crippen LogP) is 0.977. The average Bonchev–Trinajstić information content (AvgIpc) is 3.45. The van der Waals surface area contributed by atoms with Gasteiger partial charge in [0.15, 0.2) is 0 Å². The van der Waals surface area contributed by atoms with Crippen LogP contribution in [0.25, 0.3) is 10.9 Å². The first kappa shape index (κ1) is 25.9. The summed E-state index contributed by atoms with van der Waals surface area (Å²) in [6, 6.07) is 2.23. The zero-order valence-corrected chi connectivity index (χ0v) is 21.0. The summed E-state index contributed by atoms with van der Waals surface area (Å²) in [5.41, 5.74) is 0.161. The Labute approximate surface area is 216 Å². The van der Waals surface area contributed by atoms with Crippen LogP contribution in [-0.4, -0.2) is 80.5 Å². The number of amides is 1. The number of aliphatic hydroxyl groups excluding tert-OH is 1. The summed E-state index contributed by atoms with van der Waals surface area (Å²) < 4.78 is 16.8. The molecule has 2 fully saturated rings. The van der Waals surface area contributed by atoms with Crippen LogP contribution in [0.4, 0.5) is 10.1 Å². The summed E-state index contributed by atoms with van der Waals surface area (Å²) in [5.74, 6) is -4.15. The third-order valence-corrected chi connectivity index (χ3v) is 7.88. The second-order valence-corrected chi connectivity index (χ2v) is 10.1. The molecule has 4 atom stereocenters. The smallest absolute Gasteiger partial charge is 0.352 e. The molecule has 5 rings (SSSR count). The number of β-lactam (4-membered cyclic amide) rings is 1. The van der Waals surface area contributed by atoms with Gasteiger partial charge in [-0.2, -0.15) is 0 Å². The summed E-state index contributed by atoms with van der Waals surface area (Å²) in [5, 5.41) is 32.3. The fourth-order valence-corrected chi connectivity index (χ4v) is 5.99. The molecule has 1 aromatic carbocycles. The van der Waals surface area contributed by atoms with Gasteiger partial charge >= 0.3 is 11.9 Å². The second kappa shape index (κ2) is 9.52. The molecule has 2 saturated heterocycles. The number of aliphatic carboxylic acids is 1. The molecule has 0 saturated carbocycles. The van der Waals surface area contributed by atoms with Crippen LogP contribution in [0.5, 0.6) is 0 Å². The van der Waals surface area contributed by atoms with Crippen LogP contribution in [-0.2, 0) is 16.1 Å². The van der Waals surface area contributed by atoms with Crippen LogP contribution in [0.15, 0.2) is 34.4 Å². The fraction of sp³-hybridized carbons (Fsp3) is 0.462.